The van der Waals surface area contributed by atoms with E-state index in [2.05, 4.69) is 0 Å². The molecular weight excluding hydrogens is 285 g/mol. The quantitative estimate of drug-likeness (QED) is 0.628. The molecule has 0 saturated carbocycles. The number of hydrogen-bond donors (Lipinski definition) is 2. The van der Waals surface area contributed by atoms with Crippen LogP contribution in [0.3, 0.4) is 0 Å². The van der Waals surface area contributed by atoms with Crippen molar-refractivity contribution in [2.45, 2.75) is 12.5 Å². The fourth-order valence-corrected chi connectivity index (χ4v) is 1.92. The van der Waals surface area contributed by atoms with Crippen LogP contribution in [-0.4, -0.2) is 10.8 Å². The summed E-state index contributed by atoms with van der Waals surface area (Å²) in [5, 5.41) is 10.5. The second kappa shape index (κ2) is 5.29. The first kappa shape index (κ1) is 14.6. The summed E-state index contributed by atoms with van der Waals surface area (Å²) in [4.78, 5) is 33.0. The number of hydrogen-bond acceptors (Lipinski definition) is 6. The highest BCUT2D eigenvalue weighted by Gasteiger charge is 2.22. The first-order chi connectivity index (χ1) is 9.81. The van der Waals surface area contributed by atoms with Gasteiger partial charge in [0.15, 0.2) is 5.43 Å². The summed E-state index contributed by atoms with van der Waals surface area (Å²) in [6.45, 7) is 0. The van der Waals surface area contributed by atoms with Crippen molar-refractivity contribution in [1.29, 1.82) is 0 Å². The van der Waals surface area contributed by atoms with Crippen LogP contribution >= 0.6 is 0 Å². The minimum atomic E-state index is -1.04. The van der Waals surface area contributed by atoms with E-state index in [0.29, 0.717) is 6.07 Å². The number of halogens is 1. The molecule has 1 unspecified atom stereocenters. The number of rotatable bonds is 4. The minimum Gasteiger partial charge on any atom is -0.456 e. The van der Waals surface area contributed by atoms with E-state index in [-0.39, 0.29) is 23.0 Å². The molecule has 2 rings (SSSR count). The van der Waals surface area contributed by atoms with E-state index < -0.39 is 33.8 Å². The highest BCUT2D eigenvalue weighted by atomic mass is 19.1. The molecule has 0 aliphatic heterocycles. The Balaban J connectivity index is 2.70. The number of carbonyl (C=O) groups excluding carboxylic acids is 1. The number of nitro groups is 1. The molecule has 0 aliphatic rings. The predicted molar refractivity (Wildman–Crippen MR) is 69.8 cm³/mol. The van der Waals surface area contributed by atoms with Gasteiger partial charge in [-0.05, 0) is 6.07 Å². The SMILES string of the molecule is NC(=O)CC(N)c1coc2c([N+](=O)[O-])cc(F)cc2c1=O. The molecule has 0 fully saturated rings. The number of nitrogens with two attached hydrogens (primary N) is 2. The maximum absolute atomic E-state index is 13.4. The molecule has 1 aromatic carbocycles. The number of nitrogens with zero attached hydrogens (tertiary/aromatic N) is 1. The molecule has 8 nitrogen and oxygen atoms in total. The van der Waals surface area contributed by atoms with Gasteiger partial charge in [0, 0.05) is 12.5 Å². The van der Waals surface area contributed by atoms with Gasteiger partial charge in [0.05, 0.1) is 21.9 Å². The highest BCUT2D eigenvalue weighted by Crippen LogP contribution is 2.26. The molecule has 4 N–H and O–H groups in total. The first-order valence-corrected chi connectivity index (χ1v) is 5.74. The average Bonchev–Trinajstić information content (AvgIpc) is 2.37. The number of benzene rings is 1. The van der Waals surface area contributed by atoms with Crippen LogP contribution in [0.4, 0.5) is 10.1 Å². The van der Waals surface area contributed by atoms with Gasteiger partial charge in [-0.3, -0.25) is 19.7 Å². The molecule has 0 aliphatic carbocycles. The maximum Gasteiger partial charge on any atom is 0.315 e. The summed E-state index contributed by atoms with van der Waals surface area (Å²) in [6, 6.07) is 0.425. The van der Waals surface area contributed by atoms with Crippen LogP contribution in [-0.2, 0) is 4.79 Å². The summed E-state index contributed by atoms with van der Waals surface area (Å²) in [5.74, 6) is -1.69. The molecule has 1 aromatic heterocycles. The van der Waals surface area contributed by atoms with Crippen molar-refractivity contribution >= 4 is 22.6 Å². The summed E-state index contributed by atoms with van der Waals surface area (Å²) in [7, 11) is 0. The fourth-order valence-electron chi connectivity index (χ4n) is 1.92. The summed E-state index contributed by atoms with van der Waals surface area (Å²) >= 11 is 0. The van der Waals surface area contributed by atoms with Gasteiger partial charge in [-0.25, -0.2) is 4.39 Å². The Morgan fingerprint density at radius 1 is 1.48 bits per heavy atom. The number of non-ortho nitro benzene ring substituents is 1. The summed E-state index contributed by atoms with van der Waals surface area (Å²) in [5.41, 5.74) is 8.73. The van der Waals surface area contributed by atoms with E-state index in [1.807, 2.05) is 0 Å². The lowest BCUT2D eigenvalue weighted by Gasteiger charge is -2.09. The van der Waals surface area contributed by atoms with Crippen molar-refractivity contribution in [2.75, 3.05) is 0 Å². The van der Waals surface area contributed by atoms with E-state index >= 15 is 0 Å². The Hall–Kier alpha value is -2.81. The molecule has 1 heterocycles. The zero-order valence-corrected chi connectivity index (χ0v) is 10.5. The molecule has 0 radical (unpaired) electrons. The molecular formula is C12H10FN3O5. The van der Waals surface area contributed by atoms with Gasteiger partial charge in [-0.15, -0.1) is 0 Å². The largest absolute Gasteiger partial charge is 0.456 e. The van der Waals surface area contributed by atoms with Crippen molar-refractivity contribution in [3.05, 3.63) is 50.1 Å². The summed E-state index contributed by atoms with van der Waals surface area (Å²) < 4.78 is 18.4. The number of carbonyl (C=O) groups is 1. The Bertz CT molecular complexity index is 801. The topological polar surface area (TPSA) is 142 Å². The van der Waals surface area contributed by atoms with Crippen LogP contribution in [0.5, 0.6) is 0 Å². The standard InChI is InChI=1S/C12H10FN3O5/c13-5-1-6-11(18)7(8(14)3-10(15)17)4-21-12(6)9(2-5)16(19)20/h1-2,4,8H,3,14H2,(H2,15,17). The maximum atomic E-state index is 13.4. The molecule has 21 heavy (non-hydrogen) atoms. The van der Waals surface area contributed by atoms with E-state index in [1.165, 1.54) is 0 Å². The first-order valence-electron chi connectivity index (χ1n) is 5.74. The molecule has 9 heteroatoms. The van der Waals surface area contributed by atoms with Crippen LogP contribution in [0.15, 0.2) is 27.6 Å². The lowest BCUT2D eigenvalue weighted by Crippen LogP contribution is -2.25. The zero-order chi connectivity index (χ0) is 15.7. The van der Waals surface area contributed by atoms with Gasteiger partial charge >= 0.3 is 5.69 Å². The normalized spacial score (nSPS) is 12.3. The van der Waals surface area contributed by atoms with Crippen molar-refractivity contribution in [2.24, 2.45) is 11.5 Å². The van der Waals surface area contributed by atoms with Crippen LogP contribution in [0.1, 0.15) is 18.0 Å². The van der Waals surface area contributed by atoms with E-state index in [4.69, 9.17) is 15.9 Å². The van der Waals surface area contributed by atoms with Gasteiger partial charge in [-0.1, -0.05) is 0 Å². The van der Waals surface area contributed by atoms with Gasteiger partial charge in [0.25, 0.3) is 0 Å². The monoisotopic (exact) mass is 295 g/mol. The lowest BCUT2D eigenvalue weighted by atomic mass is 10.0. The molecule has 0 saturated heterocycles. The number of fused-ring (bicyclic) bond motifs is 1. The van der Waals surface area contributed by atoms with Crippen LogP contribution in [0.2, 0.25) is 0 Å². The molecule has 110 valence electrons. The lowest BCUT2D eigenvalue weighted by molar-refractivity contribution is -0.383. The van der Waals surface area contributed by atoms with Crippen molar-refractivity contribution < 1.29 is 18.5 Å². The third kappa shape index (κ3) is 2.72. The Morgan fingerprint density at radius 2 is 2.14 bits per heavy atom. The van der Waals surface area contributed by atoms with Crippen LogP contribution in [0, 0.1) is 15.9 Å². The second-order valence-corrected chi connectivity index (χ2v) is 4.36. The number of amides is 1. The van der Waals surface area contributed by atoms with Gasteiger partial charge in [0.1, 0.15) is 12.1 Å². The van der Waals surface area contributed by atoms with Crippen LogP contribution < -0.4 is 16.9 Å². The fraction of sp³-hybridized carbons (Fsp3) is 0.167. The third-order valence-electron chi connectivity index (χ3n) is 2.86. The van der Waals surface area contributed by atoms with Crippen molar-refractivity contribution in [3.63, 3.8) is 0 Å². The van der Waals surface area contributed by atoms with E-state index in [1.54, 1.807) is 0 Å². The van der Waals surface area contributed by atoms with Crippen molar-refractivity contribution in [1.82, 2.24) is 0 Å². The molecule has 0 spiro atoms. The number of primary amides is 1. The van der Waals surface area contributed by atoms with Crippen LogP contribution in [0.25, 0.3) is 11.0 Å². The van der Waals surface area contributed by atoms with E-state index in [9.17, 15) is 24.1 Å². The zero-order valence-electron chi connectivity index (χ0n) is 10.5. The predicted octanol–water partition coefficient (Wildman–Crippen LogP) is 0.716. The Morgan fingerprint density at radius 3 is 2.71 bits per heavy atom. The van der Waals surface area contributed by atoms with Gasteiger partial charge in [-0.2, -0.15) is 0 Å². The molecule has 2 aromatic rings. The third-order valence-corrected chi connectivity index (χ3v) is 2.86. The molecule has 1 atom stereocenters. The Labute approximate surface area is 116 Å². The average molecular weight is 295 g/mol. The van der Waals surface area contributed by atoms with Crippen molar-refractivity contribution in [3.8, 4) is 0 Å². The smallest absolute Gasteiger partial charge is 0.315 e. The van der Waals surface area contributed by atoms with Gasteiger partial charge in [0.2, 0.25) is 11.5 Å². The second-order valence-electron chi connectivity index (χ2n) is 4.36. The van der Waals surface area contributed by atoms with Gasteiger partial charge < -0.3 is 15.9 Å². The van der Waals surface area contributed by atoms with E-state index in [0.717, 1.165) is 12.3 Å². The minimum absolute atomic E-state index is 0.110. The summed E-state index contributed by atoms with van der Waals surface area (Å²) in [6.07, 6.45) is 0.608. The Kier molecular flexibility index (Phi) is 3.68. The molecule has 1 amide bonds. The highest BCUT2D eigenvalue weighted by molar-refractivity contribution is 5.85. The molecule has 0 bridgehead atoms. The number of nitro benzene ring substituents is 1.